The zero-order valence-corrected chi connectivity index (χ0v) is 11.9. The molecule has 3 nitrogen and oxygen atoms in total. The van der Waals surface area contributed by atoms with E-state index in [0.717, 1.165) is 15.7 Å². The highest BCUT2D eigenvalue weighted by Gasteiger charge is 2.05. The molecule has 0 unspecified atom stereocenters. The maximum absolute atomic E-state index is 10.9. The molecule has 0 aromatic heterocycles. The lowest BCUT2D eigenvalue weighted by molar-refractivity contribution is 0.112. The van der Waals surface area contributed by atoms with Gasteiger partial charge in [0.2, 0.25) is 0 Å². The topological polar surface area (TPSA) is 51.2 Å². The van der Waals surface area contributed by atoms with Gasteiger partial charge in [0.1, 0.15) is 16.1 Å². The second-order valence-electron chi connectivity index (χ2n) is 3.29. The van der Waals surface area contributed by atoms with E-state index >= 15 is 0 Å². The standard InChI is InChI=1S/C10H11BrO3S2/c1-16(13,14)5-4-15-10-3-2-8(7-12)6-9(10)11/h2-3,6-7H,4-5H2,1H3. The summed E-state index contributed by atoms with van der Waals surface area (Å²) in [5.74, 6) is 0.664. The second kappa shape index (κ2) is 5.84. The SMILES string of the molecule is CS(=O)(=O)CCSc1ccc(C=O)cc1Br. The van der Waals surface area contributed by atoms with E-state index in [1.54, 1.807) is 18.2 Å². The maximum atomic E-state index is 10.9. The summed E-state index contributed by atoms with van der Waals surface area (Å²) in [7, 11) is -2.91. The summed E-state index contributed by atoms with van der Waals surface area (Å²) in [6, 6.07) is 5.23. The number of sulfone groups is 1. The van der Waals surface area contributed by atoms with Gasteiger partial charge < -0.3 is 0 Å². The van der Waals surface area contributed by atoms with Gasteiger partial charge in [-0.05, 0) is 28.1 Å². The predicted molar refractivity (Wildman–Crippen MR) is 70.0 cm³/mol. The monoisotopic (exact) mass is 322 g/mol. The summed E-state index contributed by atoms with van der Waals surface area (Å²) in [6.45, 7) is 0. The maximum Gasteiger partial charge on any atom is 0.150 e. The van der Waals surface area contributed by atoms with E-state index in [2.05, 4.69) is 15.9 Å². The van der Waals surface area contributed by atoms with Gasteiger partial charge in [0.25, 0.3) is 0 Å². The van der Waals surface area contributed by atoms with Crippen molar-refractivity contribution in [2.45, 2.75) is 4.90 Å². The van der Waals surface area contributed by atoms with Crippen LogP contribution < -0.4 is 0 Å². The lowest BCUT2D eigenvalue weighted by atomic mass is 10.2. The van der Waals surface area contributed by atoms with Crippen molar-refractivity contribution in [2.24, 2.45) is 0 Å². The molecule has 1 aromatic rings. The van der Waals surface area contributed by atoms with E-state index in [1.165, 1.54) is 18.0 Å². The van der Waals surface area contributed by atoms with E-state index in [1.807, 2.05) is 0 Å². The van der Waals surface area contributed by atoms with E-state index in [-0.39, 0.29) is 5.75 Å². The molecule has 0 aliphatic heterocycles. The Balaban J connectivity index is 2.65. The molecule has 0 bridgehead atoms. The molecular formula is C10H11BrO3S2. The third kappa shape index (κ3) is 4.67. The van der Waals surface area contributed by atoms with Crippen LogP contribution in [0.1, 0.15) is 10.4 Å². The minimum absolute atomic E-state index is 0.152. The second-order valence-corrected chi connectivity index (χ2v) is 7.54. The molecule has 0 saturated carbocycles. The third-order valence-electron chi connectivity index (χ3n) is 1.80. The van der Waals surface area contributed by atoms with Gasteiger partial charge in [0.05, 0.1) is 5.75 Å². The van der Waals surface area contributed by atoms with E-state index in [9.17, 15) is 13.2 Å². The minimum Gasteiger partial charge on any atom is -0.298 e. The van der Waals surface area contributed by atoms with Crippen LogP contribution in [-0.4, -0.2) is 32.5 Å². The molecule has 0 fully saturated rings. The number of aldehydes is 1. The molecular weight excluding hydrogens is 312 g/mol. The molecule has 0 atom stereocenters. The first-order valence-electron chi connectivity index (χ1n) is 4.47. The Bertz CT molecular complexity index is 483. The fraction of sp³-hybridized carbons (Fsp3) is 0.300. The Kier molecular flexibility index (Phi) is 5.01. The van der Waals surface area contributed by atoms with Gasteiger partial charge in [-0.1, -0.05) is 6.07 Å². The zero-order valence-electron chi connectivity index (χ0n) is 8.64. The number of halogens is 1. The van der Waals surface area contributed by atoms with Gasteiger partial charge in [0, 0.05) is 26.9 Å². The normalized spacial score (nSPS) is 11.4. The molecule has 0 heterocycles. The molecule has 0 aliphatic carbocycles. The lowest BCUT2D eigenvalue weighted by Crippen LogP contribution is -2.04. The summed E-state index contributed by atoms with van der Waals surface area (Å²) in [4.78, 5) is 11.4. The molecule has 1 aromatic carbocycles. The molecule has 0 saturated heterocycles. The number of thioether (sulfide) groups is 1. The Morgan fingerprint density at radius 3 is 2.62 bits per heavy atom. The Morgan fingerprint density at radius 2 is 2.12 bits per heavy atom. The van der Waals surface area contributed by atoms with Crippen molar-refractivity contribution < 1.29 is 13.2 Å². The van der Waals surface area contributed by atoms with Crippen LogP contribution in [0.2, 0.25) is 0 Å². The molecule has 0 N–H and O–H groups in total. The molecule has 0 aliphatic rings. The molecule has 16 heavy (non-hydrogen) atoms. The summed E-state index contributed by atoms with van der Waals surface area (Å²) >= 11 is 4.79. The summed E-state index contributed by atoms with van der Waals surface area (Å²) in [5, 5.41) is 0. The Labute approximate surface area is 108 Å². The van der Waals surface area contributed by atoms with Crippen LogP contribution in [0.15, 0.2) is 27.6 Å². The van der Waals surface area contributed by atoms with Crippen molar-refractivity contribution in [3.05, 3.63) is 28.2 Å². The smallest absolute Gasteiger partial charge is 0.150 e. The van der Waals surface area contributed by atoms with Gasteiger partial charge in [0.15, 0.2) is 0 Å². The van der Waals surface area contributed by atoms with Crippen molar-refractivity contribution in [1.82, 2.24) is 0 Å². The van der Waals surface area contributed by atoms with Crippen LogP contribution in [0.25, 0.3) is 0 Å². The first-order chi connectivity index (χ1) is 7.42. The zero-order chi connectivity index (χ0) is 12.2. The Hall–Kier alpha value is -0.330. The number of carbonyl (C=O) groups excluding carboxylic acids is 1. The number of rotatable bonds is 5. The van der Waals surface area contributed by atoms with Crippen LogP contribution in [0.5, 0.6) is 0 Å². The first kappa shape index (κ1) is 13.7. The lowest BCUT2D eigenvalue weighted by Gasteiger charge is -2.04. The summed E-state index contributed by atoms with van der Waals surface area (Å²) < 4.78 is 22.7. The number of benzene rings is 1. The van der Waals surface area contributed by atoms with Crippen LogP contribution in [0.4, 0.5) is 0 Å². The molecule has 0 amide bonds. The average molecular weight is 323 g/mol. The third-order valence-corrected chi connectivity index (χ3v) is 5.00. The van der Waals surface area contributed by atoms with Crippen molar-refractivity contribution >= 4 is 43.8 Å². The van der Waals surface area contributed by atoms with Crippen LogP contribution in [-0.2, 0) is 9.84 Å². The van der Waals surface area contributed by atoms with E-state index in [4.69, 9.17) is 0 Å². The van der Waals surface area contributed by atoms with Gasteiger partial charge in [-0.2, -0.15) is 0 Å². The summed E-state index contributed by atoms with van der Waals surface area (Å²) in [5.41, 5.74) is 0.597. The summed E-state index contributed by atoms with van der Waals surface area (Å²) in [6.07, 6.45) is 1.99. The van der Waals surface area contributed by atoms with Crippen molar-refractivity contribution in [1.29, 1.82) is 0 Å². The van der Waals surface area contributed by atoms with Crippen LogP contribution in [0.3, 0.4) is 0 Å². The highest BCUT2D eigenvalue weighted by atomic mass is 79.9. The fourth-order valence-electron chi connectivity index (χ4n) is 1.01. The van der Waals surface area contributed by atoms with Crippen LogP contribution in [0, 0.1) is 0 Å². The van der Waals surface area contributed by atoms with Crippen molar-refractivity contribution in [3.63, 3.8) is 0 Å². The van der Waals surface area contributed by atoms with Gasteiger partial charge in [-0.3, -0.25) is 4.79 Å². The number of hydrogen-bond acceptors (Lipinski definition) is 4. The molecule has 88 valence electrons. The number of hydrogen-bond donors (Lipinski definition) is 0. The highest BCUT2D eigenvalue weighted by Crippen LogP contribution is 2.28. The molecule has 0 radical (unpaired) electrons. The molecule has 6 heteroatoms. The van der Waals surface area contributed by atoms with Gasteiger partial charge >= 0.3 is 0 Å². The number of carbonyl (C=O) groups is 1. The van der Waals surface area contributed by atoms with E-state index in [0.29, 0.717) is 11.3 Å². The Morgan fingerprint density at radius 1 is 1.44 bits per heavy atom. The van der Waals surface area contributed by atoms with Gasteiger partial charge in [-0.15, -0.1) is 11.8 Å². The average Bonchev–Trinajstić information content (AvgIpc) is 2.18. The van der Waals surface area contributed by atoms with E-state index < -0.39 is 9.84 Å². The fourth-order valence-corrected chi connectivity index (χ4v) is 3.88. The predicted octanol–water partition coefficient (Wildman–Crippen LogP) is 2.40. The van der Waals surface area contributed by atoms with Crippen LogP contribution >= 0.6 is 27.7 Å². The minimum atomic E-state index is -2.91. The quantitative estimate of drug-likeness (QED) is 0.617. The highest BCUT2D eigenvalue weighted by molar-refractivity contribution is 9.10. The van der Waals surface area contributed by atoms with Crippen molar-refractivity contribution in [2.75, 3.05) is 17.8 Å². The molecule has 1 rings (SSSR count). The largest absolute Gasteiger partial charge is 0.298 e. The molecule has 0 spiro atoms. The van der Waals surface area contributed by atoms with Crippen molar-refractivity contribution in [3.8, 4) is 0 Å². The first-order valence-corrected chi connectivity index (χ1v) is 8.31. The van der Waals surface area contributed by atoms with Gasteiger partial charge in [-0.25, -0.2) is 8.42 Å².